The Labute approximate surface area is 204 Å². The van der Waals surface area contributed by atoms with E-state index in [2.05, 4.69) is 11.1 Å². The van der Waals surface area contributed by atoms with Gasteiger partial charge in [-0.1, -0.05) is 48.5 Å². The van der Waals surface area contributed by atoms with Crippen molar-refractivity contribution >= 4 is 17.7 Å². The second-order valence-electron chi connectivity index (χ2n) is 8.69. The summed E-state index contributed by atoms with van der Waals surface area (Å²) in [7, 11) is 0. The topological polar surface area (TPSA) is 77.9 Å². The highest BCUT2D eigenvalue weighted by Gasteiger charge is 2.47. The van der Waals surface area contributed by atoms with Crippen molar-refractivity contribution in [3.05, 3.63) is 102 Å². The number of aliphatic imine (C=N–C) groups is 1. The lowest BCUT2D eigenvalue weighted by molar-refractivity contribution is -0.134. The number of carbonyl (C=O) groups is 2. The maximum atomic E-state index is 12.8. The van der Waals surface area contributed by atoms with Crippen molar-refractivity contribution < 1.29 is 19.1 Å². The number of esters is 2. The molecule has 1 aromatic heterocycles. The maximum absolute atomic E-state index is 12.8. The molecule has 0 fully saturated rings. The molecule has 6 heteroatoms. The van der Waals surface area contributed by atoms with Gasteiger partial charge < -0.3 is 9.47 Å². The van der Waals surface area contributed by atoms with E-state index in [4.69, 9.17) is 14.5 Å². The first-order valence-corrected chi connectivity index (χ1v) is 11.9. The van der Waals surface area contributed by atoms with E-state index in [0.717, 1.165) is 29.0 Å². The number of benzene rings is 2. The first-order chi connectivity index (χ1) is 17.2. The molecule has 0 saturated heterocycles. The third kappa shape index (κ3) is 4.78. The van der Waals surface area contributed by atoms with Crippen LogP contribution in [0.15, 0.2) is 95.6 Å². The number of rotatable bonds is 8. The number of ether oxygens (including phenoxy) is 2. The molecule has 0 atom stereocenters. The second-order valence-corrected chi connectivity index (χ2v) is 8.69. The third-order valence-electron chi connectivity index (χ3n) is 6.53. The molecule has 0 radical (unpaired) electrons. The van der Waals surface area contributed by atoms with E-state index in [1.54, 1.807) is 30.5 Å². The summed E-state index contributed by atoms with van der Waals surface area (Å²) in [5.41, 5.74) is 3.21. The Morgan fingerprint density at radius 3 is 2.00 bits per heavy atom. The number of allylic oxidation sites excluding steroid dienone is 1. The van der Waals surface area contributed by atoms with Gasteiger partial charge in [-0.3, -0.25) is 19.6 Å². The number of para-hydroxylation sites is 2. The van der Waals surface area contributed by atoms with Gasteiger partial charge >= 0.3 is 11.9 Å². The standard InChI is InChI=1S/C29H26N2O4/c32-25(34-21-9-3-1-4-10-21)15-17-29(18-16-26(33)35-22-11-5-2-6-12-22)23-13-7-19-30-27(23)28-24(29)14-8-20-31-28/h1-7,9-14,19H,8,15-18,20H2. The normalized spacial score (nSPS) is 15.3. The van der Waals surface area contributed by atoms with E-state index in [0.29, 0.717) is 30.9 Å². The van der Waals surface area contributed by atoms with Crippen LogP contribution in [0, 0.1) is 0 Å². The van der Waals surface area contributed by atoms with Crippen molar-refractivity contribution in [1.82, 2.24) is 4.98 Å². The maximum Gasteiger partial charge on any atom is 0.311 e. The average molecular weight is 467 g/mol. The van der Waals surface area contributed by atoms with E-state index in [9.17, 15) is 9.59 Å². The summed E-state index contributed by atoms with van der Waals surface area (Å²) in [6.45, 7) is 0.705. The molecule has 0 saturated carbocycles. The lowest BCUT2D eigenvalue weighted by Gasteiger charge is -2.32. The van der Waals surface area contributed by atoms with E-state index in [1.807, 2.05) is 48.5 Å². The lowest BCUT2D eigenvalue weighted by atomic mass is 9.71. The van der Waals surface area contributed by atoms with Crippen molar-refractivity contribution in [3.63, 3.8) is 0 Å². The van der Waals surface area contributed by atoms with Gasteiger partial charge in [0.05, 0.1) is 11.4 Å². The van der Waals surface area contributed by atoms with Gasteiger partial charge in [0.1, 0.15) is 11.5 Å². The fraction of sp³-hybridized carbons (Fsp3) is 0.241. The quantitative estimate of drug-likeness (QED) is 0.336. The SMILES string of the molecule is O=C(CCC1(CCC(=O)Oc2ccccc2)C2=CCCN=C2c2ncccc21)Oc1ccccc1. The number of nitrogens with zero attached hydrogens (tertiary/aromatic N) is 2. The number of fused-ring (bicyclic) bond motifs is 3. The molecule has 0 N–H and O–H groups in total. The van der Waals surface area contributed by atoms with Crippen molar-refractivity contribution in [2.45, 2.75) is 37.5 Å². The number of hydrogen-bond acceptors (Lipinski definition) is 6. The van der Waals surface area contributed by atoms with Crippen molar-refractivity contribution in [2.24, 2.45) is 4.99 Å². The monoisotopic (exact) mass is 466 g/mol. The van der Waals surface area contributed by atoms with Crippen molar-refractivity contribution in [1.29, 1.82) is 0 Å². The molecule has 1 aliphatic carbocycles. The van der Waals surface area contributed by atoms with Crippen LogP contribution in [0.2, 0.25) is 0 Å². The van der Waals surface area contributed by atoms with Crippen LogP contribution in [0.4, 0.5) is 0 Å². The van der Waals surface area contributed by atoms with Gasteiger partial charge in [0, 0.05) is 31.0 Å². The summed E-state index contributed by atoms with van der Waals surface area (Å²) in [6.07, 6.45) is 6.13. The molecule has 1 aliphatic heterocycles. The Morgan fingerprint density at radius 2 is 1.40 bits per heavy atom. The highest BCUT2D eigenvalue weighted by molar-refractivity contribution is 6.18. The predicted molar refractivity (Wildman–Crippen MR) is 133 cm³/mol. The summed E-state index contributed by atoms with van der Waals surface area (Å²) in [4.78, 5) is 35.0. The van der Waals surface area contributed by atoms with Crippen molar-refractivity contribution in [2.75, 3.05) is 6.54 Å². The summed E-state index contributed by atoms with van der Waals surface area (Å²) in [5.74, 6) is 0.417. The van der Waals surface area contributed by atoms with Crippen molar-refractivity contribution in [3.8, 4) is 11.5 Å². The zero-order valence-electron chi connectivity index (χ0n) is 19.4. The number of hydrogen-bond donors (Lipinski definition) is 0. The smallest absolute Gasteiger partial charge is 0.311 e. The van der Waals surface area contributed by atoms with Gasteiger partial charge in [-0.05, 0) is 60.7 Å². The summed E-state index contributed by atoms with van der Waals surface area (Å²) < 4.78 is 11.1. The molecule has 2 aliphatic rings. The highest BCUT2D eigenvalue weighted by atomic mass is 16.5. The number of aromatic nitrogens is 1. The highest BCUT2D eigenvalue weighted by Crippen LogP contribution is 2.50. The van der Waals surface area contributed by atoms with Gasteiger partial charge in [-0.25, -0.2) is 0 Å². The molecular weight excluding hydrogens is 440 g/mol. The van der Waals surface area contributed by atoms with E-state index < -0.39 is 5.41 Å². The Hall–Kier alpha value is -4.06. The molecule has 0 spiro atoms. The van der Waals surface area contributed by atoms with Crippen LogP contribution >= 0.6 is 0 Å². The van der Waals surface area contributed by atoms with Gasteiger partial charge in [-0.2, -0.15) is 0 Å². The molecule has 176 valence electrons. The first kappa shape index (κ1) is 22.7. The molecule has 5 rings (SSSR count). The molecule has 2 heterocycles. The number of pyridine rings is 1. The van der Waals surface area contributed by atoms with E-state index in [-0.39, 0.29) is 24.8 Å². The molecule has 3 aromatic rings. The van der Waals surface area contributed by atoms with Crippen LogP contribution in [0.1, 0.15) is 43.4 Å². The summed E-state index contributed by atoms with van der Waals surface area (Å²) in [5, 5.41) is 0. The predicted octanol–water partition coefficient (Wildman–Crippen LogP) is 5.22. The van der Waals surface area contributed by atoms with Gasteiger partial charge in [0.25, 0.3) is 0 Å². The molecule has 35 heavy (non-hydrogen) atoms. The number of carbonyl (C=O) groups excluding carboxylic acids is 2. The van der Waals surface area contributed by atoms with Crippen LogP contribution in [-0.4, -0.2) is 29.2 Å². The Bertz CT molecular complexity index is 1220. The van der Waals surface area contributed by atoms with Gasteiger partial charge in [-0.15, -0.1) is 0 Å². The lowest BCUT2D eigenvalue weighted by Crippen LogP contribution is -2.30. The first-order valence-electron chi connectivity index (χ1n) is 11.9. The average Bonchev–Trinajstić information content (AvgIpc) is 3.18. The molecule has 0 bridgehead atoms. The van der Waals surface area contributed by atoms with E-state index in [1.165, 1.54) is 0 Å². The minimum Gasteiger partial charge on any atom is -0.427 e. The molecule has 0 amide bonds. The molecular formula is C29H26N2O4. The minimum absolute atomic E-state index is 0.196. The zero-order valence-corrected chi connectivity index (χ0v) is 19.4. The summed E-state index contributed by atoms with van der Waals surface area (Å²) in [6, 6.07) is 22.0. The zero-order chi connectivity index (χ0) is 24.1. The third-order valence-corrected chi connectivity index (χ3v) is 6.53. The Balaban J connectivity index is 1.40. The van der Waals surface area contributed by atoms with Gasteiger partial charge in [0.2, 0.25) is 0 Å². The molecule has 6 nitrogen and oxygen atoms in total. The largest absolute Gasteiger partial charge is 0.427 e. The Morgan fingerprint density at radius 1 is 0.800 bits per heavy atom. The van der Waals surface area contributed by atoms with Crippen LogP contribution in [0.3, 0.4) is 0 Å². The van der Waals surface area contributed by atoms with Crippen LogP contribution in [-0.2, 0) is 15.0 Å². The second kappa shape index (κ2) is 10.1. The van der Waals surface area contributed by atoms with Crippen LogP contribution in [0.25, 0.3) is 0 Å². The van der Waals surface area contributed by atoms with E-state index >= 15 is 0 Å². The fourth-order valence-corrected chi connectivity index (χ4v) is 4.95. The van der Waals surface area contributed by atoms with Crippen LogP contribution < -0.4 is 9.47 Å². The summed E-state index contributed by atoms with van der Waals surface area (Å²) >= 11 is 0. The molecule has 0 unspecified atom stereocenters. The van der Waals surface area contributed by atoms with Gasteiger partial charge in [0.15, 0.2) is 0 Å². The fourth-order valence-electron chi connectivity index (χ4n) is 4.95. The molecule has 2 aromatic carbocycles. The Kier molecular flexibility index (Phi) is 6.53. The minimum atomic E-state index is -0.561. The number of dihydropyridines is 1. The van der Waals surface area contributed by atoms with Crippen LogP contribution in [0.5, 0.6) is 11.5 Å².